The molecule has 3 heterocycles. The number of H-pyrrole nitrogens is 1. The van der Waals surface area contributed by atoms with Crippen molar-refractivity contribution in [2.75, 3.05) is 20.8 Å². The molecule has 3 aromatic rings. The zero-order valence-electron chi connectivity index (χ0n) is 17.8. The quantitative estimate of drug-likeness (QED) is 0.705. The van der Waals surface area contributed by atoms with Crippen molar-refractivity contribution >= 4 is 22.7 Å². The van der Waals surface area contributed by atoms with Crippen LogP contribution in [0.25, 0.3) is 10.9 Å². The molecule has 2 atom stereocenters. The van der Waals surface area contributed by atoms with E-state index in [1.807, 2.05) is 43.3 Å². The Morgan fingerprint density at radius 2 is 1.84 bits per heavy atom. The van der Waals surface area contributed by atoms with Crippen LogP contribution in [-0.4, -0.2) is 53.4 Å². The molecule has 0 spiro atoms. The molecule has 0 aliphatic carbocycles. The summed E-state index contributed by atoms with van der Waals surface area (Å²) in [5.41, 5.74) is 4.11. The number of carbonyl (C=O) groups is 2. The predicted octanol–water partition coefficient (Wildman–Crippen LogP) is 3.04. The van der Waals surface area contributed by atoms with Gasteiger partial charge < -0.3 is 24.3 Å². The van der Waals surface area contributed by atoms with Gasteiger partial charge in [0.1, 0.15) is 12.6 Å². The average Bonchev–Trinajstić information content (AvgIpc) is 3.16. The minimum absolute atomic E-state index is 0.0165. The normalized spacial score (nSPS) is 20.6. The van der Waals surface area contributed by atoms with Crippen molar-refractivity contribution in [2.24, 2.45) is 0 Å². The van der Waals surface area contributed by atoms with Crippen LogP contribution in [0, 0.1) is 0 Å². The zero-order valence-corrected chi connectivity index (χ0v) is 17.8. The third-order valence-electron chi connectivity index (χ3n) is 6.45. The molecular formula is C24H25N3O4. The van der Waals surface area contributed by atoms with E-state index in [0.717, 1.165) is 27.7 Å². The van der Waals surface area contributed by atoms with Crippen LogP contribution in [0.15, 0.2) is 42.5 Å². The molecule has 7 nitrogen and oxygen atoms in total. The summed E-state index contributed by atoms with van der Waals surface area (Å²) >= 11 is 0. The fraction of sp³-hybridized carbons (Fsp3) is 0.333. The molecule has 1 fully saturated rings. The monoisotopic (exact) mass is 419 g/mol. The van der Waals surface area contributed by atoms with E-state index in [0.29, 0.717) is 24.5 Å². The van der Waals surface area contributed by atoms with Crippen LogP contribution in [0.4, 0.5) is 0 Å². The second-order valence-electron chi connectivity index (χ2n) is 8.14. The van der Waals surface area contributed by atoms with Crippen molar-refractivity contribution in [3.05, 3.63) is 59.3 Å². The lowest BCUT2D eigenvalue weighted by molar-refractivity contribution is -0.159. The minimum Gasteiger partial charge on any atom is -0.493 e. The number of hydrogen-bond donors (Lipinski definition) is 1. The van der Waals surface area contributed by atoms with Crippen LogP contribution < -0.4 is 9.47 Å². The van der Waals surface area contributed by atoms with Crippen molar-refractivity contribution in [3.63, 3.8) is 0 Å². The molecule has 2 aliphatic rings. The molecule has 0 saturated carbocycles. The van der Waals surface area contributed by atoms with Crippen molar-refractivity contribution in [1.82, 2.24) is 14.8 Å². The summed E-state index contributed by atoms with van der Waals surface area (Å²) in [6.45, 7) is 2.42. The van der Waals surface area contributed by atoms with Gasteiger partial charge in [-0.05, 0) is 36.2 Å². The zero-order chi connectivity index (χ0) is 21.7. The largest absolute Gasteiger partial charge is 0.493 e. The third kappa shape index (κ3) is 3.03. The van der Waals surface area contributed by atoms with E-state index in [-0.39, 0.29) is 24.4 Å². The average molecular weight is 419 g/mol. The van der Waals surface area contributed by atoms with Crippen LogP contribution in [0.2, 0.25) is 0 Å². The fourth-order valence-corrected chi connectivity index (χ4v) is 4.96. The van der Waals surface area contributed by atoms with Crippen molar-refractivity contribution < 1.29 is 19.1 Å². The number of nitrogens with zero attached hydrogens (tertiary/aromatic N) is 2. The Morgan fingerprint density at radius 3 is 2.61 bits per heavy atom. The Kier molecular flexibility index (Phi) is 4.61. The maximum atomic E-state index is 13.5. The maximum Gasteiger partial charge on any atom is 0.246 e. The highest BCUT2D eigenvalue weighted by atomic mass is 16.5. The lowest BCUT2D eigenvalue weighted by atomic mass is 9.90. The number of piperazine rings is 1. The molecular weight excluding hydrogens is 394 g/mol. The second-order valence-corrected chi connectivity index (χ2v) is 8.14. The molecule has 2 aliphatic heterocycles. The molecule has 1 N–H and O–H groups in total. The molecule has 1 aromatic heterocycles. The molecule has 0 bridgehead atoms. The number of benzene rings is 2. The van der Waals surface area contributed by atoms with Gasteiger partial charge in [-0.3, -0.25) is 9.59 Å². The molecule has 1 saturated heterocycles. The Bertz CT molecular complexity index is 1180. The van der Waals surface area contributed by atoms with Gasteiger partial charge in [-0.25, -0.2) is 0 Å². The van der Waals surface area contributed by atoms with Crippen molar-refractivity contribution in [2.45, 2.75) is 32.0 Å². The first-order valence-corrected chi connectivity index (χ1v) is 10.4. The Hall–Kier alpha value is -3.48. The molecule has 2 amide bonds. The summed E-state index contributed by atoms with van der Waals surface area (Å²) < 4.78 is 10.7. The standard InChI is InChI=1S/C24H25N3O4/c1-14-23-17(16-6-4-5-7-18(16)25-23)11-19-24(29)26(13-22(28)27(14)19)12-15-8-9-20(30-2)21(10-15)31-3/h4-10,14,19,25H,11-13H2,1-3H3/t14-,19-/m0/s1. The van der Waals surface area contributed by atoms with Gasteiger partial charge in [0.05, 0.1) is 20.3 Å². The van der Waals surface area contributed by atoms with E-state index in [4.69, 9.17) is 9.47 Å². The Morgan fingerprint density at radius 1 is 1.06 bits per heavy atom. The maximum absolute atomic E-state index is 13.5. The number of carbonyl (C=O) groups excluding carboxylic acids is 2. The van der Waals surface area contributed by atoms with Crippen molar-refractivity contribution in [1.29, 1.82) is 0 Å². The van der Waals surface area contributed by atoms with Gasteiger partial charge in [-0.2, -0.15) is 0 Å². The van der Waals surface area contributed by atoms with E-state index in [1.165, 1.54) is 0 Å². The third-order valence-corrected chi connectivity index (χ3v) is 6.45. The molecule has 31 heavy (non-hydrogen) atoms. The van der Waals surface area contributed by atoms with Crippen LogP contribution >= 0.6 is 0 Å². The molecule has 160 valence electrons. The minimum atomic E-state index is -0.483. The topological polar surface area (TPSA) is 74.9 Å². The van der Waals surface area contributed by atoms with E-state index < -0.39 is 6.04 Å². The smallest absolute Gasteiger partial charge is 0.246 e. The highest BCUT2D eigenvalue weighted by Gasteiger charge is 2.46. The number of aromatic amines is 1. The number of ether oxygens (including phenoxy) is 2. The van der Waals surface area contributed by atoms with Gasteiger partial charge in [0.2, 0.25) is 11.8 Å². The Labute approximate surface area is 180 Å². The summed E-state index contributed by atoms with van der Waals surface area (Å²) in [5.74, 6) is 1.19. The van der Waals surface area contributed by atoms with Gasteiger partial charge in [-0.15, -0.1) is 0 Å². The number of hydrogen-bond acceptors (Lipinski definition) is 4. The van der Waals surface area contributed by atoms with Gasteiger partial charge >= 0.3 is 0 Å². The van der Waals surface area contributed by atoms with E-state index in [9.17, 15) is 9.59 Å². The molecule has 5 rings (SSSR count). The Balaban J connectivity index is 1.46. The van der Waals surface area contributed by atoms with E-state index in [1.54, 1.807) is 24.0 Å². The summed E-state index contributed by atoms with van der Waals surface area (Å²) in [5, 5.41) is 1.13. The number of para-hydroxylation sites is 1. The molecule has 0 radical (unpaired) electrons. The number of methoxy groups -OCH3 is 2. The fourth-order valence-electron chi connectivity index (χ4n) is 4.96. The van der Waals surface area contributed by atoms with Gasteiger partial charge in [0, 0.05) is 29.6 Å². The molecule has 0 unspecified atom stereocenters. The first kappa shape index (κ1) is 19.5. The summed E-state index contributed by atoms with van der Waals surface area (Å²) in [6.07, 6.45) is 0.524. The highest BCUT2D eigenvalue weighted by molar-refractivity contribution is 5.97. The van der Waals surface area contributed by atoms with Gasteiger partial charge in [-0.1, -0.05) is 24.3 Å². The lowest BCUT2D eigenvalue weighted by Gasteiger charge is -2.46. The lowest BCUT2D eigenvalue weighted by Crippen LogP contribution is -2.62. The number of amides is 2. The molecule has 2 aromatic carbocycles. The highest BCUT2D eigenvalue weighted by Crippen LogP contribution is 2.39. The number of rotatable bonds is 4. The number of nitrogens with one attached hydrogen (secondary N) is 1. The first-order valence-electron chi connectivity index (χ1n) is 10.4. The van der Waals surface area contributed by atoms with Crippen LogP contribution in [0.1, 0.15) is 29.8 Å². The molecule has 7 heteroatoms. The van der Waals surface area contributed by atoms with Crippen LogP contribution in [0.5, 0.6) is 11.5 Å². The SMILES string of the molecule is COc1ccc(CN2CC(=O)N3[C@@H](Cc4c([nH]c5ccccc45)[C@@H]3C)C2=O)cc1OC. The van der Waals surface area contributed by atoms with E-state index in [2.05, 4.69) is 11.1 Å². The number of fused-ring (bicyclic) bond motifs is 4. The van der Waals surface area contributed by atoms with Gasteiger partial charge in [0.15, 0.2) is 11.5 Å². The van der Waals surface area contributed by atoms with E-state index >= 15 is 0 Å². The van der Waals surface area contributed by atoms with Crippen LogP contribution in [0.3, 0.4) is 0 Å². The summed E-state index contributed by atoms with van der Waals surface area (Å²) in [7, 11) is 3.17. The van der Waals surface area contributed by atoms with Crippen LogP contribution in [-0.2, 0) is 22.6 Å². The number of aromatic nitrogens is 1. The predicted molar refractivity (Wildman–Crippen MR) is 116 cm³/mol. The van der Waals surface area contributed by atoms with Crippen molar-refractivity contribution in [3.8, 4) is 11.5 Å². The van der Waals surface area contributed by atoms with Gasteiger partial charge in [0.25, 0.3) is 0 Å². The first-order chi connectivity index (χ1) is 15.0. The second kappa shape index (κ2) is 7.34. The summed E-state index contributed by atoms with van der Waals surface area (Å²) in [4.78, 5) is 33.4. The summed E-state index contributed by atoms with van der Waals surface area (Å²) in [6, 6.07) is 13.0.